The van der Waals surface area contributed by atoms with Crippen molar-refractivity contribution in [2.24, 2.45) is 0 Å². The van der Waals surface area contributed by atoms with E-state index in [2.05, 4.69) is 5.32 Å². The van der Waals surface area contributed by atoms with Crippen molar-refractivity contribution in [1.82, 2.24) is 9.62 Å². The molecule has 24 heavy (non-hydrogen) atoms. The average molecular weight is 378 g/mol. The number of ether oxygens (including phenoxy) is 1. The molecule has 2 heterocycles. The van der Waals surface area contributed by atoms with E-state index in [4.69, 9.17) is 4.74 Å². The van der Waals surface area contributed by atoms with E-state index in [1.165, 1.54) is 23.5 Å². The molecule has 2 aliphatic heterocycles. The Hall–Kier alpha value is -1.42. The maximum atomic E-state index is 12.9. The number of nitrogens with zero attached hydrogens (tertiary/aromatic N) is 2. The number of hydrogen-bond donors (Lipinski definition) is 1. The molecule has 2 atom stereocenters. The molecule has 8 nitrogen and oxygen atoms in total. The highest BCUT2D eigenvalue weighted by Gasteiger charge is 2.37. The van der Waals surface area contributed by atoms with E-state index in [0.29, 0.717) is 19.1 Å². The summed E-state index contributed by atoms with van der Waals surface area (Å²) in [4.78, 5) is 10.3. The summed E-state index contributed by atoms with van der Waals surface area (Å²) in [5.41, 5.74) is -0.452. The minimum Gasteiger partial charge on any atom is -0.497 e. The average Bonchev–Trinajstić information content (AvgIpc) is 2.85. The molecule has 10 heteroatoms. The number of nitrogens with one attached hydrogen (secondary N) is 1. The molecule has 2 bridgehead atoms. The Balaban J connectivity index is 0.00000208. The summed E-state index contributed by atoms with van der Waals surface area (Å²) in [5, 5.41) is 14.7. The van der Waals surface area contributed by atoms with Gasteiger partial charge in [-0.15, -0.1) is 12.4 Å². The molecule has 3 rings (SSSR count). The molecule has 134 valence electrons. The van der Waals surface area contributed by atoms with Crippen LogP contribution in [0.3, 0.4) is 0 Å². The molecule has 0 aromatic heterocycles. The summed E-state index contributed by atoms with van der Waals surface area (Å²) in [6.07, 6.45) is 2.71. The van der Waals surface area contributed by atoms with Crippen LogP contribution in [0.25, 0.3) is 0 Å². The van der Waals surface area contributed by atoms with Crippen LogP contribution in [-0.4, -0.2) is 49.9 Å². The molecular weight excluding hydrogens is 358 g/mol. The van der Waals surface area contributed by atoms with Crippen molar-refractivity contribution in [3.05, 3.63) is 28.3 Å². The van der Waals surface area contributed by atoms with Crippen LogP contribution in [0.5, 0.6) is 5.75 Å². The predicted octanol–water partition coefficient (Wildman–Crippen LogP) is 1.54. The van der Waals surface area contributed by atoms with Gasteiger partial charge in [-0.25, -0.2) is 8.42 Å². The van der Waals surface area contributed by atoms with Gasteiger partial charge in [0.1, 0.15) is 5.75 Å². The van der Waals surface area contributed by atoms with E-state index >= 15 is 0 Å². The van der Waals surface area contributed by atoms with E-state index in [9.17, 15) is 18.5 Å². The van der Waals surface area contributed by atoms with Gasteiger partial charge in [-0.3, -0.25) is 10.1 Å². The number of rotatable bonds is 4. The second-order valence-electron chi connectivity index (χ2n) is 5.88. The van der Waals surface area contributed by atoms with Gasteiger partial charge in [0.05, 0.1) is 18.1 Å². The molecule has 1 N–H and O–H groups in total. The standard InChI is InChI=1S/C14H19N3O5S.ClH/c1-22-12-4-5-14(13(8-12)17(18)19)23(20,21)16-7-6-10-2-3-11(9-16)15-10;/h4-5,8,10-11,15H,2-3,6-7,9H2,1H3;1H. The highest BCUT2D eigenvalue weighted by Crippen LogP contribution is 2.32. The van der Waals surface area contributed by atoms with Gasteiger partial charge in [0.15, 0.2) is 4.90 Å². The number of hydrogen-bond acceptors (Lipinski definition) is 6. The second-order valence-corrected chi connectivity index (χ2v) is 7.79. The molecule has 1 aromatic rings. The van der Waals surface area contributed by atoms with Gasteiger partial charge in [-0.2, -0.15) is 4.31 Å². The lowest BCUT2D eigenvalue weighted by atomic mass is 10.1. The number of benzene rings is 1. The van der Waals surface area contributed by atoms with Crippen LogP contribution >= 0.6 is 12.4 Å². The Bertz CT molecular complexity index is 727. The van der Waals surface area contributed by atoms with E-state index in [1.807, 2.05) is 0 Å². The number of methoxy groups -OCH3 is 1. The van der Waals surface area contributed by atoms with Crippen molar-refractivity contribution >= 4 is 28.1 Å². The zero-order valence-electron chi connectivity index (χ0n) is 13.2. The third kappa shape index (κ3) is 3.49. The van der Waals surface area contributed by atoms with Crippen molar-refractivity contribution in [1.29, 1.82) is 0 Å². The first-order valence-corrected chi connectivity index (χ1v) is 8.94. The Morgan fingerprint density at radius 2 is 2.00 bits per heavy atom. The van der Waals surface area contributed by atoms with Crippen LogP contribution in [0.1, 0.15) is 19.3 Å². The highest BCUT2D eigenvalue weighted by molar-refractivity contribution is 7.89. The molecule has 0 aliphatic carbocycles. The molecule has 0 spiro atoms. The zero-order chi connectivity index (χ0) is 16.6. The van der Waals surface area contributed by atoms with Gasteiger partial charge in [0.2, 0.25) is 10.0 Å². The Morgan fingerprint density at radius 1 is 1.29 bits per heavy atom. The minimum absolute atomic E-state index is 0. The summed E-state index contributed by atoms with van der Waals surface area (Å²) < 4.78 is 32.1. The van der Waals surface area contributed by atoms with E-state index < -0.39 is 20.6 Å². The van der Waals surface area contributed by atoms with Gasteiger partial charge in [0.25, 0.3) is 5.69 Å². The van der Waals surface area contributed by atoms with Gasteiger partial charge >= 0.3 is 0 Å². The smallest absolute Gasteiger partial charge is 0.293 e. The molecule has 0 amide bonds. The van der Waals surface area contributed by atoms with E-state index in [1.54, 1.807) is 0 Å². The van der Waals surface area contributed by atoms with Gasteiger partial charge in [0, 0.05) is 25.2 Å². The van der Waals surface area contributed by atoms with Crippen LogP contribution in [-0.2, 0) is 10.0 Å². The number of nitro groups is 1. The van der Waals surface area contributed by atoms with Gasteiger partial charge in [-0.1, -0.05) is 0 Å². The fourth-order valence-electron chi connectivity index (χ4n) is 3.25. The second kappa shape index (κ2) is 7.22. The maximum Gasteiger partial charge on any atom is 0.293 e. The lowest BCUT2D eigenvalue weighted by Gasteiger charge is -2.23. The van der Waals surface area contributed by atoms with E-state index in [0.717, 1.165) is 25.3 Å². The Labute approximate surface area is 146 Å². The largest absolute Gasteiger partial charge is 0.497 e. The maximum absolute atomic E-state index is 12.9. The predicted molar refractivity (Wildman–Crippen MR) is 90.2 cm³/mol. The topological polar surface area (TPSA) is 102 Å². The molecule has 0 radical (unpaired) electrons. The van der Waals surface area contributed by atoms with Crippen molar-refractivity contribution in [2.75, 3.05) is 20.2 Å². The SMILES string of the molecule is COc1ccc(S(=O)(=O)N2CCC3CCC(C2)N3)c([N+](=O)[O-])c1.Cl. The van der Waals surface area contributed by atoms with Crippen LogP contribution in [0.15, 0.2) is 23.1 Å². The monoisotopic (exact) mass is 377 g/mol. The highest BCUT2D eigenvalue weighted by atomic mass is 35.5. The Kier molecular flexibility index (Phi) is 5.69. The van der Waals surface area contributed by atoms with E-state index in [-0.39, 0.29) is 29.1 Å². The zero-order valence-corrected chi connectivity index (χ0v) is 14.8. The molecule has 1 aromatic carbocycles. The number of halogens is 1. The van der Waals surface area contributed by atoms with Gasteiger partial charge < -0.3 is 10.1 Å². The fourth-order valence-corrected chi connectivity index (χ4v) is 4.89. The summed E-state index contributed by atoms with van der Waals surface area (Å²) in [5.74, 6) is 0.257. The number of sulfonamides is 1. The molecule has 2 aliphatic rings. The van der Waals surface area contributed by atoms with Gasteiger partial charge in [-0.05, 0) is 31.4 Å². The van der Waals surface area contributed by atoms with Crippen LogP contribution in [0, 0.1) is 10.1 Å². The summed E-state index contributed by atoms with van der Waals surface area (Å²) >= 11 is 0. The first kappa shape index (κ1) is 18.9. The van der Waals surface area contributed by atoms with Crippen molar-refractivity contribution in [2.45, 2.75) is 36.2 Å². The molecule has 2 saturated heterocycles. The van der Waals surface area contributed by atoms with Crippen molar-refractivity contribution < 1.29 is 18.1 Å². The van der Waals surface area contributed by atoms with Crippen molar-refractivity contribution in [3.8, 4) is 5.75 Å². The first-order chi connectivity index (χ1) is 10.9. The third-order valence-corrected chi connectivity index (χ3v) is 6.38. The van der Waals surface area contributed by atoms with Crippen LogP contribution in [0.2, 0.25) is 0 Å². The number of nitro benzene ring substituents is 1. The number of fused-ring (bicyclic) bond motifs is 2. The minimum atomic E-state index is -3.91. The summed E-state index contributed by atoms with van der Waals surface area (Å²) in [7, 11) is -2.53. The van der Waals surface area contributed by atoms with Crippen LogP contribution < -0.4 is 10.1 Å². The van der Waals surface area contributed by atoms with Crippen LogP contribution in [0.4, 0.5) is 5.69 Å². The molecule has 2 unspecified atom stereocenters. The third-order valence-electron chi connectivity index (χ3n) is 4.47. The fraction of sp³-hybridized carbons (Fsp3) is 0.571. The lowest BCUT2D eigenvalue weighted by molar-refractivity contribution is -0.387. The Morgan fingerprint density at radius 3 is 2.67 bits per heavy atom. The molecular formula is C14H20ClN3O5S. The lowest BCUT2D eigenvalue weighted by Crippen LogP contribution is -2.39. The molecule has 0 saturated carbocycles. The summed E-state index contributed by atoms with van der Waals surface area (Å²) in [6, 6.07) is 4.29. The molecule has 2 fully saturated rings. The quantitative estimate of drug-likeness (QED) is 0.630. The normalized spacial score (nSPS) is 24.0. The summed E-state index contributed by atoms with van der Waals surface area (Å²) in [6.45, 7) is 0.724. The first-order valence-electron chi connectivity index (χ1n) is 7.50. The van der Waals surface area contributed by atoms with Crippen molar-refractivity contribution in [3.63, 3.8) is 0 Å².